The van der Waals surface area contributed by atoms with Crippen LogP contribution < -0.4 is 14.8 Å². The van der Waals surface area contributed by atoms with Crippen molar-refractivity contribution in [2.45, 2.75) is 18.4 Å². The lowest BCUT2D eigenvalue weighted by atomic mass is 10.2. The van der Waals surface area contributed by atoms with Gasteiger partial charge in [-0.3, -0.25) is 9.00 Å². The molecule has 2 aliphatic rings. The molecule has 8 heteroatoms. The highest BCUT2D eigenvalue weighted by Crippen LogP contribution is 2.34. The second-order valence-electron chi connectivity index (χ2n) is 6.77. The van der Waals surface area contributed by atoms with Crippen LogP contribution in [0.15, 0.2) is 42.5 Å². The van der Waals surface area contributed by atoms with Crippen molar-refractivity contribution in [1.29, 1.82) is 0 Å². The van der Waals surface area contributed by atoms with Crippen LogP contribution in [-0.4, -0.2) is 26.7 Å². The number of nitrogens with zero attached hydrogens (tertiary/aromatic N) is 2. The first kappa shape index (κ1) is 17.0. The minimum atomic E-state index is -0.990. The van der Waals surface area contributed by atoms with E-state index in [1.165, 1.54) is 0 Å². The lowest BCUT2D eigenvalue weighted by molar-refractivity contribution is 0.102. The van der Waals surface area contributed by atoms with Gasteiger partial charge in [-0.25, -0.2) is 4.68 Å². The fraction of sp³-hybridized carbons (Fsp3) is 0.200. The number of hydrogen-bond donors (Lipinski definition) is 1. The summed E-state index contributed by atoms with van der Waals surface area (Å²) in [5, 5.41) is 7.57. The number of aryl methyl sites for hydroxylation is 1. The molecule has 7 nitrogen and oxygen atoms in total. The van der Waals surface area contributed by atoms with Crippen LogP contribution in [0.5, 0.6) is 11.5 Å². The van der Waals surface area contributed by atoms with Crippen LogP contribution in [0, 0.1) is 6.92 Å². The van der Waals surface area contributed by atoms with Gasteiger partial charge in [-0.2, -0.15) is 5.10 Å². The highest BCUT2D eigenvalue weighted by molar-refractivity contribution is 7.83. The zero-order chi connectivity index (χ0) is 19.3. The van der Waals surface area contributed by atoms with E-state index >= 15 is 0 Å². The minimum Gasteiger partial charge on any atom is -0.454 e. The Morgan fingerprint density at radius 3 is 2.71 bits per heavy atom. The Labute approximate surface area is 163 Å². The summed E-state index contributed by atoms with van der Waals surface area (Å²) in [5.74, 6) is 2.24. The van der Waals surface area contributed by atoms with Crippen molar-refractivity contribution >= 4 is 22.5 Å². The van der Waals surface area contributed by atoms with Crippen LogP contribution in [0.3, 0.4) is 0 Å². The molecular weight excluding hydrogens is 378 g/mol. The molecule has 0 fully saturated rings. The molecule has 28 heavy (non-hydrogen) atoms. The van der Waals surface area contributed by atoms with Gasteiger partial charge < -0.3 is 14.8 Å². The van der Waals surface area contributed by atoms with Crippen molar-refractivity contribution in [3.8, 4) is 17.2 Å². The highest BCUT2D eigenvalue weighted by atomic mass is 32.2. The Kier molecular flexibility index (Phi) is 3.94. The Morgan fingerprint density at radius 1 is 1.11 bits per heavy atom. The number of rotatable bonds is 3. The predicted molar refractivity (Wildman–Crippen MR) is 104 cm³/mol. The molecule has 3 heterocycles. The molecule has 0 aliphatic carbocycles. The van der Waals surface area contributed by atoms with Crippen LogP contribution in [0.4, 0.5) is 5.82 Å². The van der Waals surface area contributed by atoms with Crippen LogP contribution in [0.2, 0.25) is 0 Å². The molecule has 3 aromatic rings. The first-order valence-electron chi connectivity index (χ1n) is 8.82. The zero-order valence-corrected chi connectivity index (χ0v) is 15.9. The Balaban J connectivity index is 1.52. The lowest BCUT2D eigenvalue weighted by Crippen LogP contribution is -2.16. The zero-order valence-electron chi connectivity index (χ0n) is 15.1. The lowest BCUT2D eigenvalue weighted by Gasteiger charge is -2.11. The molecule has 0 spiro atoms. The Bertz CT molecular complexity index is 1120. The quantitative estimate of drug-likeness (QED) is 0.737. The van der Waals surface area contributed by atoms with Crippen molar-refractivity contribution in [3.63, 3.8) is 0 Å². The molecule has 0 saturated carbocycles. The van der Waals surface area contributed by atoms with E-state index in [-0.39, 0.29) is 12.7 Å². The van der Waals surface area contributed by atoms with Gasteiger partial charge >= 0.3 is 0 Å². The number of aromatic nitrogens is 2. The van der Waals surface area contributed by atoms with E-state index in [1.54, 1.807) is 22.9 Å². The fourth-order valence-corrected chi connectivity index (χ4v) is 4.61. The van der Waals surface area contributed by atoms with Crippen molar-refractivity contribution in [2.75, 3.05) is 12.1 Å². The van der Waals surface area contributed by atoms with Gasteiger partial charge in [-0.15, -0.1) is 0 Å². The first-order valence-corrected chi connectivity index (χ1v) is 10.3. The van der Waals surface area contributed by atoms with Crippen LogP contribution in [0.25, 0.3) is 5.69 Å². The largest absolute Gasteiger partial charge is 0.454 e. The maximum atomic E-state index is 12.9. The summed E-state index contributed by atoms with van der Waals surface area (Å²) in [7, 11) is -0.990. The molecule has 0 bridgehead atoms. The third kappa shape index (κ3) is 2.86. The molecule has 0 unspecified atom stereocenters. The van der Waals surface area contributed by atoms with Gasteiger partial charge in [0.1, 0.15) is 5.82 Å². The van der Waals surface area contributed by atoms with E-state index in [0.29, 0.717) is 34.4 Å². The van der Waals surface area contributed by atoms with Gasteiger partial charge in [-0.05, 0) is 37.3 Å². The molecule has 1 aromatic heterocycles. The van der Waals surface area contributed by atoms with Gasteiger partial charge in [0.25, 0.3) is 5.91 Å². The van der Waals surface area contributed by atoms with E-state index in [1.807, 2.05) is 31.2 Å². The number of anilines is 1. The van der Waals surface area contributed by atoms with E-state index in [0.717, 1.165) is 22.5 Å². The normalized spacial score (nSPS) is 16.8. The number of benzene rings is 2. The van der Waals surface area contributed by atoms with Gasteiger partial charge in [0.15, 0.2) is 11.5 Å². The number of amides is 1. The van der Waals surface area contributed by atoms with Crippen molar-refractivity contribution in [1.82, 2.24) is 9.78 Å². The molecule has 1 N–H and O–H groups in total. The third-order valence-corrected chi connectivity index (χ3v) is 6.02. The number of carbonyl (C=O) groups excluding carboxylic acids is 1. The molecule has 2 aromatic carbocycles. The van der Waals surface area contributed by atoms with Gasteiger partial charge in [-0.1, -0.05) is 17.7 Å². The van der Waals surface area contributed by atoms with Crippen molar-refractivity contribution in [3.05, 3.63) is 64.8 Å². The SMILES string of the molecule is Cc1ccc(-n2nc3c(c2NC(=O)c2ccc4c(c2)OCO4)C[S@](=O)C3)cc1. The standard InChI is InChI=1S/C20H17N3O4S/c1-12-2-5-14(6-3-12)23-19(15-9-28(25)10-16(15)22-23)21-20(24)13-4-7-17-18(8-13)27-11-26-17/h2-8H,9-11H2,1H3,(H,21,24)/t28-/m0/s1. The molecule has 2 aliphatic heterocycles. The smallest absolute Gasteiger partial charge is 0.256 e. The number of hydrogen-bond acceptors (Lipinski definition) is 5. The number of nitrogens with one attached hydrogen (secondary N) is 1. The predicted octanol–water partition coefficient (Wildman–Crippen LogP) is 2.92. The Morgan fingerprint density at radius 2 is 1.89 bits per heavy atom. The summed E-state index contributed by atoms with van der Waals surface area (Å²) in [4.78, 5) is 12.9. The summed E-state index contributed by atoms with van der Waals surface area (Å²) in [6, 6.07) is 12.9. The Hall–Kier alpha value is -3.13. The van der Waals surface area contributed by atoms with E-state index < -0.39 is 10.8 Å². The van der Waals surface area contributed by atoms with Gasteiger partial charge in [0.05, 0.1) is 22.9 Å². The summed E-state index contributed by atoms with van der Waals surface area (Å²) < 4.78 is 24.4. The first-order chi connectivity index (χ1) is 13.6. The molecule has 0 radical (unpaired) electrons. The van der Waals surface area contributed by atoms with Crippen LogP contribution >= 0.6 is 0 Å². The molecule has 5 rings (SSSR count). The van der Waals surface area contributed by atoms with E-state index in [2.05, 4.69) is 10.4 Å². The molecule has 1 amide bonds. The average Bonchev–Trinajstić information content (AvgIpc) is 3.37. The van der Waals surface area contributed by atoms with E-state index in [4.69, 9.17) is 9.47 Å². The fourth-order valence-electron chi connectivity index (χ4n) is 3.35. The average molecular weight is 395 g/mol. The number of fused-ring (bicyclic) bond motifs is 2. The number of ether oxygens (including phenoxy) is 2. The third-order valence-electron chi connectivity index (χ3n) is 4.81. The maximum absolute atomic E-state index is 12.9. The summed E-state index contributed by atoms with van der Waals surface area (Å²) in [5.41, 5.74) is 4.02. The van der Waals surface area contributed by atoms with Gasteiger partial charge in [0, 0.05) is 21.9 Å². The number of carbonyl (C=O) groups is 1. The van der Waals surface area contributed by atoms with Gasteiger partial charge in [0.2, 0.25) is 6.79 Å². The molecular formula is C20H17N3O4S. The second-order valence-corrected chi connectivity index (χ2v) is 8.23. The van der Waals surface area contributed by atoms with Crippen LogP contribution in [0.1, 0.15) is 27.2 Å². The molecule has 0 saturated heterocycles. The summed E-state index contributed by atoms with van der Waals surface area (Å²) >= 11 is 0. The van der Waals surface area contributed by atoms with E-state index in [9.17, 15) is 9.00 Å². The topological polar surface area (TPSA) is 82.5 Å². The van der Waals surface area contributed by atoms with Crippen LogP contribution in [-0.2, 0) is 22.3 Å². The minimum absolute atomic E-state index is 0.153. The van der Waals surface area contributed by atoms with Crippen molar-refractivity contribution in [2.24, 2.45) is 0 Å². The molecule has 142 valence electrons. The summed E-state index contributed by atoms with van der Waals surface area (Å²) in [6.45, 7) is 2.16. The maximum Gasteiger partial charge on any atom is 0.256 e. The van der Waals surface area contributed by atoms with Crippen molar-refractivity contribution < 1.29 is 18.5 Å². The summed E-state index contributed by atoms with van der Waals surface area (Å²) in [6.07, 6.45) is 0. The second kappa shape index (κ2) is 6.49. The monoisotopic (exact) mass is 395 g/mol. The molecule has 1 atom stereocenters. The highest BCUT2D eigenvalue weighted by Gasteiger charge is 2.28.